The van der Waals surface area contributed by atoms with Crippen LogP contribution in [0.25, 0.3) is 0 Å². The number of benzene rings is 2. The van der Waals surface area contributed by atoms with E-state index in [2.05, 4.69) is 0 Å². The number of esters is 1. The maximum atomic E-state index is 12.1. The third-order valence-electron chi connectivity index (χ3n) is 3.52. The number of quaternary nitrogens is 1. The standard InChI is InChI=1S/C19H21NO5/c21-18(22)13-17(20-14-15-7-3-1-4-8-15)19(23)25-12-11-24-16-9-5-2-6-10-16/h1-10,17,20H,11-14H2,(H,21,22)/p+1. The molecule has 1 atom stereocenters. The summed E-state index contributed by atoms with van der Waals surface area (Å²) in [7, 11) is 0. The van der Waals surface area contributed by atoms with Gasteiger partial charge in [-0.2, -0.15) is 0 Å². The summed E-state index contributed by atoms with van der Waals surface area (Å²) < 4.78 is 10.6. The Bertz CT molecular complexity index is 660. The van der Waals surface area contributed by atoms with Gasteiger partial charge in [-0.25, -0.2) is 4.79 Å². The normalized spacial score (nSPS) is 11.5. The molecule has 0 saturated carbocycles. The summed E-state index contributed by atoms with van der Waals surface area (Å²) in [6.07, 6.45) is -0.286. The molecule has 6 heteroatoms. The van der Waals surface area contributed by atoms with Gasteiger partial charge in [-0.1, -0.05) is 48.5 Å². The van der Waals surface area contributed by atoms with Gasteiger partial charge in [-0.15, -0.1) is 0 Å². The molecule has 0 fully saturated rings. The van der Waals surface area contributed by atoms with E-state index in [-0.39, 0.29) is 19.6 Å². The lowest BCUT2D eigenvalue weighted by Gasteiger charge is -2.13. The minimum absolute atomic E-state index is 0.0724. The molecule has 1 unspecified atom stereocenters. The zero-order valence-corrected chi connectivity index (χ0v) is 13.8. The number of hydrogen-bond donors (Lipinski definition) is 2. The lowest BCUT2D eigenvalue weighted by atomic mass is 10.1. The molecule has 0 aliphatic heterocycles. The summed E-state index contributed by atoms with van der Waals surface area (Å²) in [5, 5.41) is 10.7. The van der Waals surface area contributed by atoms with Crippen molar-refractivity contribution in [2.45, 2.75) is 19.0 Å². The lowest BCUT2D eigenvalue weighted by Crippen LogP contribution is -2.91. The van der Waals surface area contributed by atoms with E-state index < -0.39 is 18.0 Å². The van der Waals surface area contributed by atoms with Crippen LogP contribution >= 0.6 is 0 Å². The molecule has 0 radical (unpaired) electrons. The van der Waals surface area contributed by atoms with Crippen molar-refractivity contribution in [3.05, 3.63) is 66.2 Å². The van der Waals surface area contributed by atoms with E-state index in [1.807, 2.05) is 60.7 Å². The number of ether oxygens (including phenoxy) is 2. The monoisotopic (exact) mass is 344 g/mol. The van der Waals surface area contributed by atoms with Crippen molar-refractivity contribution in [3.63, 3.8) is 0 Å². The molecule has 132 valence electrons. The highest BCUT2D eigenvalue weighted by molar-refractivity contribution is 5.80. The molecule has 0 amide bonds. The van der Waals surface area contributed by atoms with E-state index in [0.717, 1.165) is 5.56 Å². The second kappa shape index (κ2) is 10.1. The predicted octanol–water partition coefficient (Wildman–Crippen LogP) is 1.22. The SMILES string of the molecule is O=C(O)CC([NH2+]Cc1ccccc1)C(=O)OCCOc1ccccc1. The summed E-state index contributed by atoms with van der Waals surface area (Å²) in [4.78, 5) is 23.1. The number of hydrogen-bond acceptors (Lipinski definition) is 4. The third-order valence-corrected chi connectivity index (χ3v) is 3.52. The average Bonchev–Trinajstić information content (AvgIpc) is 2.63. The first kappa shape index (κ1) is 18.5. The summed E-state index contributed by atoms with van der Waals surface area (Å²) >= 11 is 0. The molecule has 0 aliphatic rings. The second-order valence-corrected chi connectivity index (χ2v) is 5.46. The Labute approximate surface area is 146 Å². The molecule has 2 aromatic rings. The fourth-order valence-electron chi connectivity index (χ4n) is 2.27. The third kappa shape index (κ3) is 7.05. The van der Waals surface area contributed by atoms with Gasteiger partial charge >= 0.3 is 11.9 Å². The molecular weight excluding hydrogens is 322 g/mol. The van der Waals surface area contributed by atoms with Crippen molar-refractivity contribution in [1.82, 2.24) is 0 Å². The van der Waals surface area contributed by atoms with Gasteiger partial charge < -0.3 is 19.9 Å². The highest BCUT2D eigenvalue weighted by Gasteiger charge is 2.26. The van der Waals surface area contributed by atoms with Gasteiger partial charge in [0.25, 0.3) is 0 Å². The molecule has 3 N–H and O–H groups in total. The van der Waals surface area contributed by atoms with Crippen LogP contribution in [0.4, 0.5) is 0 Å². The van der Waals surface area contributed by atoms with Crippen molar-refractivity contribution in [2.75, 3.05) is 13.2 Å². The van der Waals surface area contributed by atoms with Crippen molar-refractivity contribution in [2.24, 2.45) is 0 Å². The molecule has 25 heavy (non-hydrogen) atoms. The van der Waals surface area contributed by atoms with Crippen molar-refractivity contribution < 1.29 is 29.5 Å². The summed E-state index contributed by atoms with van der Waals surface area (Å²) in [5.74, 6) is -0.891. The van der Waals surface area contributed by atoms with E-state index in [1.165, 1.54) is 0 Å². The number of rotatable bonds is 10. The minimum atomic E-state index is -1.04. The van der Waals surface area contributed by atoms with E-state index >= 15 is 0 Å². The fraction of sp³-hybridized carbons (Fsp3) is 0.263. The molecule has 0 saturated heterocycles. The Hall–Kier alpha value is -2.86. The fourth-order valence-corrected chi connectivity index (χ4v) is 2.27. The number of carboxylic acids is 1. The summed E-state index contributed by atoms with van der Waals surface area (Å²) in [6, 6.07) is 18.0. The quantitative estimate of drug-likeness (QED) is 0.500. The Morgan fingerprint density at radius 2 is 1.60 bits per heavy atom. The van der Waals surface area contributed by atoms with Crippen molar-refractivity contribution in [1.29, 1.82) is 0 Å². The number of aliphatic carboxylic acids is 1. The zero-order valence-electron chi connectivity index (χ0n) is 13.8. The Kier molecular flexibility index (Phi) is 7.46. The first-order chi connectivity index (χ1) is 12.1. The number of carbonyl (C=O) groups is 2. The van der Waals surface area contributed by atoms with Crippen LogP contribution in [0.15, 0.2) is 60.7 Å². The van der Waals surface area contributed by atoms with Gasteiger partial charge in [0.15, 0.2) is 6.04 Å². The van der Waals surface area contributed by atoms with E-state index in [0.29, 0.717) is 12.3 Å². The molecule has 6 nitrogen and oxygen atoms in total. The molecule has 0 spiro atoms. The molecular formula is C19H22NO5+. The average molecular weight is 344 g/mol. The van der Waals surface area contributed by atoms with E-state index in [4.69, 9.17) is 14.6 Å². The smallest absolute Gasteiger partial charge is 0.365 e. The number of carboxylic acid groups (broad SMARTS) is 1. The second-order valence-electron chi connectivity index (χ2n) is 5.46. The predicted molar refractivity (Wildman–Crippen MR) is 91.0 cm³/mol. The summed E-state index contributed by atoms with van der Waals surface area (Å²) in [6.45, 7) is 0.797. The number of carbonyl (C=O) groups excluding carboxylic acids is 1. The molecule has 0 aliphatic carbocycles. The van der Waals surface area contributed by atoms with Gasteiger partial charge in [0.2, 0.25) is 0 Å². The van der Waals surface area contributed by atoms with Crippen LogP contribution in [0.1, 0.15) is 12.0 Å². The highest BCUT2D eigenvalue weighted by Crippen LogP contribution is 2.07. The molecule has 2 rings (SSSR count). The van der Waals surface area contributed by atoms with Crippen LogP contribution in [-0.2, 0) is 20.9 Å². The largest absolute Gasteiger partial charge is 0.490 e. The van der Waals surface area contributed by atoms with Gasteiger partial charge in [-0.05, 0) is 12.1 Å². The maximum absolute atomic E-state index is 12.1. The van der Waals surface area contributed by atoms with Crippen LogP contribution in [-0.4, -0.2) is 36.3 Å². The van der Waals surface area contributed by atoms with Crippen molar-refractivity contribution >= 4 is 11.9 Å². The van der Waals surface area contributed by atoms with E-state index in [9.17, 15) is 9.59 Å². The molecule has 0 heterocycles. The Morgan fingerprint density at radius 3 is 2.24 bits per heavy atom. The molecule has 0 aromatic heterocycles. The highest BCUT2D eigenvalue weighted by atomic mass is 16.6. The van der Waals surface area contributed by atoms with Gasteiger partial charge in [0, 0.05) is 5.56 Å². The number of nitrogens with two attached hydrogens (primary N) is 1. The van der Waals surface area contributed by atoms with Crippen LogP contribution < -0.4 is 10.1 Å². The first-order valence-electron chi connectivity index (χ1n) is 8.08. The topological polar surface area (TPSA) is 89.4 Å². The molecule has 2 aromatic carbocycles. The van der Waals surface area contributed by atoms with Crippen LogP contribution in [0, 0.1) is 0 Å². The van der Waals surface area contributed by atoms with Crippen LogP contribution in [0.2, 0.25) is 0 Å². The Morgan fingerprint density at radius 1 is 0.960 bits per heavy atom. The van der Waals surface area contributed by atoms with Gasteiger partial charge in [0.05, 0.1) is 0 Å². The molecule has 0 bridgehead atoms. The van der Waals surface area contributed by atoms with Crippen molar-refractivity contribution in [3.8, 4) is 5.75 Å². The van der Waals surface area contributed by atoms with Gasteiger partial charge in [0.1, 0.15) is 31.9 Å². The van der Waals surface area contributed by atoms with Crippen LogP contribution in [0.3, 0.4) is 0 Å². The minimum Gasteiger partial charge on any atom is -0.490 e. The van der Waals surface area contributed by atoms with E-state index in [1.54, 1.807) is 5.32 Å². The summed E-state index contributed by atoms with van der Waals surface area (Å²) in [5.41, 5.74) is 1.01. The first-order valence-corrected chi connectivity index (χ1v) is 8.08. The number of para-hydroxylation sites is 1. The lowest BCUT2D eigenvalue weighted by molar-refractivity contribution is -0.692. The van der Waals surface area contributed by atoms with Gasteiger partial charge in [-0.3, -0.25) is 4.79 Å². The van der Waals surface area contributed by atoms with Crippen LogP contribution in [0.5, 0.6) is 5.75 Å². The Balaban J connectivity index is 1.77. The maximum Gasteiger partial charge on any atom is 0.365 e. The zero-order chi connectivity index (χ0) is 17.9.